The van der Waals surface area contributed by atoms with Crippen LogP contribution >= 0.6 is 35.0 Å². The molecule has 0 aliphatic heterocycles. The Balaban J connectivity index is 1.56. The molecular formula is C34H32Cl2N4OS. The van der Waals surface area contributed by atoms with E-state index >= 15 is 0 Å². The van der Waals surface area contributed by atoms with E-state index in [1.54, 1.807) is 23.9 Å². The number of carbonyl (C=O) groups is 1. The lowest BCUT2D eigenvalue weighted by Gasteiger charge is -2.23. The lowest BCUT2D eigenvalue weighted by atomic mass is 9.94. The van der Waals surface area contributed by atoms with E-state index in [1.807, 2.05) is 66.1 Å². The molecule has 5 rings (SSSR count). The number of benzene rings is 4. The molecule has 42 heavy (non-hydrogen) atoms. The molecule has 1 aromatic heterocycles. The van der Waals surface area contributed by atoms with Crippen LogP contribution in [0.3, 0.4) is 0 Å². The molecule has 214 valence electrons. The van der Waals surface area contributed by atoms with Crippen LogP contribution < -0.4 is 5.32 Å². The molecule has 0 radical (unpaired) electrons. The monoisotopic (exact) mass is 614 g/mol. The Bertz CT molecular complexity index is 1640. The Morgan fingerprint density at radius 3 is 2.29 bits per heavy atom. The maximum Gasteiger partial charge on any atom is 0.228 e. The third kappa shape index (κ3) is 7.24. The zero-order chi connectivity index (χ0) is 29.5. The smallest absolute Gasteiger partial charge is 0.228 e. The number of carbonyl (C=O) groups excluding carboxylic acids is 1. The van der Waals surface area contributed by atoms with Crippen molar-refractivity contribution in [2.75, 3.05) is 0 Å². The topological polar surface area (TPSA) is 59.8 Å². The second kappa shape index (κ2) is 14.1. The quantitative estimate of drug-likeness (QED) is 0.151. The molecule has 0 fully saturated rings. The highest BCUT2D eigenvalue weighted by Gasteiger charge is 2.28. The van der Waals surface area contributed by atoms with Gasteiger partial charge in [0.05, 0.1) is 22.7 Å². The second-order valence-corrected chi connectivity index (χ2v) is 12.0. The molecule has 2 unspecified atom stereocenters. The van der Waals surface area contributed by atoms with E-state index in [2.05, 4.69) is 58.8 Å². The number of amides is 1. The number of thioether (sulfide) groups is 1. The highest BCUT2D eigenvalue weighted by molar-refractivity contribution is 7.98. The third-order valence-corrected chi connectivity index (χ3v) is 8.63. The van der Waals surface area contributed by atoms with Crippen molar-refractivity contribution in [3.05, 3.63) is 141 Å². The van der Waals surface area contributed by atoms with E-state index < -0.39 is 6.04 Å². The minimum absolute atomic E-state index is 0.0599. The van der Waals surface area contributed by atoms with Gasteiger partial charge in [0, 0.05) is 10.8 Å². The summed E-state index contributed by atoms with van der Waals surface area (Å²) in [5, 5.41) is 14.3. The fourth-order valence-electron chi connectivity index (χ4n) is 5.03. The molecule has 1 amide bonds. The maximum absolute atomic E-state index is 13.8. The predicted molar refractivity (Wildman–Crippen MR) is 173 cm³/mol. The molecule has 0 spiro atoms. The van der Waals surface area contributed by atoms with Crippen LogP contribution in [-0.2, 0) is 17.0 Å². The van der Waals surface area contributed by atoms with Crippen LogP contribution in [0.4, 0.5) is 0 Å². The van der Waals surface area contributed by atoms with Crippen LogP contribution in [-0.4, -0.2) is 20.7 Å². The first-order chi connectivity index (χ1) is 20.4. The number of hydrogen-bond acceptors (Lipinski definition) is 4. The molecule has 5 nitrogen and oxygen atoms in total. The van der Waals surface area contributed by atoms with Crippen molar-refractivity contribution in [3.63, 3.8) is 0 Å². The number of nitrogens with zero attached hydrogens (tertiary/aromatic N) is 3. The Kier molecular flexibility index (Phi) is 10.0. The van der Waals surface area contributed by atoms with Crippen molar-refractivity contribution in [2.45, 2.75) is 49.6 Å². The van der Waals surface area contributed by atoms with E-state index in [9.17, 15) is 4.79 Å². The zero-order valence-corrected chi connectivity index (χ0v) is 25.8. The molecule has 0 saturated carbocycles. The van der Waals surface area contributed by atoms with Gasteiger partial charge in [-0.05, 0) is 54.7 Å². The zero-order valence-electron chi connectivity index (χ0n) is 23.5. The lowest BCUT2D eigenvalue weighted by molar-refractivity contribution is -0.123. The molecule has 8 heteroatoms. The predicted octanol–water partition coefficient (Wildman–Crippen LogP) is 8.77. The SMILES string of the molecule is CCC(C(=O)NC(Cc1ccccc1)c1nnc(SCc2cccc(C)c2)n1-c1ccc(Cl)cc1Cl)c1ccccc1. The summed E-state index contributed by atoms with van der Waals surface area (Å²) >= 11 is 14.6. The summed E-state index contributed by atoms with van der Waals surface area (Å²) in [6, 6.07) is 33.3. The first kappa shape index (κ1) is 29.9. The molecule has 0 aliphatic rings. The fraction of sp³-hybridized carbons (Fsp3) is 0.206. The summed E-state index contributed by atoms with van der Waals surface area (Å²) in [5.41, 5.74) is 5.13. The van der Waals surface area contributed by atoms with Gasteiger partial charge in [-0.15, -0.1) is 10.2 Å². The Hall–Kier alpha value is -3.58. The summed E-state index contributed by atoms with van der Waals surface area (Å²) in [6.45, 7) is 4.11. The van der Waals surface area contributed by atoms with Gasteiger partial charge in [-0.1, -0.05) is 132 Å². The number of nitrogens with one attached hydrogen (secondary N) is 1. The minimum Gasteiger partial charge on any atom is -0.345 e. The molecule has 5 aromatic rings. The minimum atomic E-state index is -0.467. The van der Waals surface area contributed by atoms with Gasteiger partial charge in [0.15, 0.2) is 11.0 Å². The van der Waals surface area contributed by atoms with Crippen LogP contribution in [0.5, 0.6) is 0 Å². The van der Waals surface area contributed by atoms with Gasteiger partial charge in [-0.2, -0.15) is 0 Å². The molecule has 0 aliphatic carbocycles. The van der Waals surface area contributed by atoms with Crippen molar-refractivity contribution in [1.82, 2.24) is 20.1 Å². The highest BCUT2D eigenvalue weighted by Crippen LogP contribution is 2.34. The van der Waals surface area contributed by atoms with E-state index in [1.165, 1.54) is 11.1 Å². The van der Waals surface area contributed by atoms with E-state index in [-0.39, 0.29) is 11.8 Å². The normalized spacial score (nSPS) is 12.6. The average Bonchev–Trinajstić information content (AvgIpc) is 3.41. The molecule has 1 N–H and O–H groups in total. The van der Waals surface area contributed by atoms with Crippen molar-refractivity contribution in [1.29, 1.82) is 0 Å². The van der Waals surface area contributed by atoms with Gasteiger partial charge < -0.3 is 5.32 Å². The average molecular weight is 616 g/mol. The van der Waals surface area contributed by atoms with Gasteiger partial charge in [0.25, 0.3) is 0 Å². The number of rotatable bonds is 11. The molecule has 1 heterocycles. The summed E-state index contributed by atoms with van der Waals surface area (Å²) in [4.78, 5) is 13.8. The molecular weight excluding hydrogens is 583 g/mol. The summed E-state index contributed by atoms with van der Waals surface area (Å²) in [5.74, 6) is 0.948. The number of halogens is 2. The van der Waals surface area contributed by atoms with Gasteiger partial charge >= 0.3 is 0 Å². The van der Waals surface area contributed by atoms with Crippen LogP contribution in [0.2, 0.25) is 10.0 Å². The highest BCUT2D eigenvalue weighted by atomic mass is 35.5. The Labute approximate surface area is 261 Å². The van der Waals surface area contributed by atoms with Crippen molar-refractivity contribution < 1.29 is 4.79 Å². The molecule has 0 bridgehead atoms. The van der Waals surface area contributed by atoms with Crippen molar-refractivity contribution in [2.24, 2.45) is 0 Å². The summed E-state index contributed by atoms with van der Waals surface area (Å²) < 4.78 is 1.95. The molecule has 0 saturated heterocycles. The van der Waals surface area contributed by atoms with Gasteiger partial charge in [0.1, 0.15) is 0 Å². The largest absolute Gasteiger partial charge is 0.345 e. The van der Waals surface area contributed by atoms with Gasteiger partial charge in [0.2, 0.25) is 5.91 Å². The Morgan fingerprint density at radius 2 is 1.60 bits per heavy atom. The first-order valence-corrected chi connectivity index (χ1v) is 15.7. The van der Waals surface area contributed by atoms with Crippen LogP contribution in [0.15, 0.2) is 108 Å². The standard InChI is InChI=1S/C34H32Cl2N4OS/c1-3-28(26-15-8-5-9-16-26)33(41)37-30(20-24-12-6-4-7-13-24)32-38-39-34(42-22-25-14-10-11-23(2)19-25)40(32)31-18-17-27(35)21-29(31)36/h4-19,21,28,30H,3,20,22H2,1-2H3,(H,37,41). The third-order valence-electron chi connectivity index (χ3n) is 7.10. The van der Waals surface area contributed by atoms with E-state index in [4.69, 9.17) is 23.2 Å². The number of aromatic nitrogens is 3. The summed E-state index contributed by atoms with van der Waals surface area (Å²) in [7, 11) is 0. The van der Waals surface area contributed by atoms with Crippen LogP contribution in [0, 0.1) is 6.92 Å². The first-order valence-electron chi connectivity index (χ1n) is 13.9. The molecule has 2 atom stereocenters. The van der Waals surface area contributed by atoms with E-state index in [0.717, 1.165) is 11.1 Å². The second-order valence-electron chi connectivity index (χ2n) is 10.2. The number of hydrogen-bond donors (Lipinski definition) is 1. The number of aryl methyl sites for hydroxylation is 1. The Morgan fingerprint density at radius 1 is 0.881 bits per heavy atom. The van der Waals surface area contributed by atoms with Gasteiger partial charge in [-0.3, -0.25) is 9.36 Å². The fourth-order valence-corrected chi connectivity index (χ4v) is 6.41. The van der Waals surface area contributed by atoms with Crippen LogP contribution in [0.25, 0.3) is 5.69 Å². The van der Waals surface area contributed by atoms with E-state index in [0.29, 0.717) is 45.3 Å². The van der Waals surface area contributed by atoms with Crippen molar-refractivity contribution >= 4 is 40.9 Å². The lowest BCUT2D eigenvalue weighted by Crippen LogP contribution is -2.35. The van der Waals surface area contributed by atoms with Gasteiger partial charge in [-0.25, -0.2) is 0 Å². The molecule has 4 aromatic carbocycles. The summed E-state index contributed by atoms with van der Waals surface area (Å²) in [6.07, 6.45) is 1.20. The van der Waals surface area contributed by atoms with Crippen molar-refractivity contribution in [3.8, 4) is 5.69 Å². The maximum atomic E-state index is 13.8. The van der Waals surface area contributed by atoms with Crippen LogP contribution in [0.1, 0.15) is 53.4 Å².